The van der Waals surface area contributed by atoms with E-state index in [1.165, 1.54) is 16.2 Å². The number of carbonyl (C=O) groups excluding carboxylic acids is 2. The van der Waals surface area contributed by atoms with Gasteiger partial charge < -0.3 is 4.90 Å². The van der Waals surface area contributed by atoms with E-state index in [0.29, 0.717) is 38.0 Å². The second kappa shape index (κ2) is 10.9. The second-order valence-electron chi connectivity index (χ2n) is 9.91. The van der Waals surface area contributed by atoms with Gasteiger partial charge in [-0.1, -0.05) is 38.8 Å². The lowest BCUT2D eigenvalue weighted by molar-refractivity contribution is -0.133. The highest BCUT2D eigenvalue weighted by Crippen LogP contribution is 2.53. The van der Waals surface area contributed by atoms with Gasteiger partial charge in [0.2, 0.25) is 0 Å². The summed E-state index contributed by atoms with van der Waals surface area (Å²) in [7, 11) is -4.00. The Labute approximate surface area is 214 Å². The monoisotopic (exact) mass is 523 g/mol. The normalized spacial score (nSPS) is 26.3. The minimum absolute atomic E-state index is 0.0845. The van der Waals surface area contributed by atoms with E-state index in [4.69, 9.17) is 12.2 Å². The fourth-order valence-electron chi connectivity index (χ4n) is 5.78. The van der Waals surface area contributed by atoms with Gasteiger partial charge in [-0.15, -0.1) is 0 Å². The van der Waals surface area contributed by atoms with Crippen molar-refractivity contribution in [3.8, 4) is 0 Å². The number of carbonyl (C=O) groups is 2. The summed E-state index contributed by atoms with van der Waals surface area (Å²) < 4.78 is 31.7. The minimum Gasteiger partial charge on any atom is -0.371 e. The first-order valence-corrected chi connectivity index (χ1v) is 14.4. The maximum absolute atomic E-state index is 12.8. The number of thiocarbonyl (C=S) groups is 1. The lowest BCUT2D eigenvalue weighted by atomic mass is 9.71. The van der Waals surface area contributed by atoms with Gasteiger partial charge in [-0.2, -0.15) is 8.42 Å². The van der Waals surface area contributed by atoms with Crippen LogP contribution >= 0.6 is 12.2 Å². The Balaban J connectivity index is 1.87. The van der Waals surface area contributed by atoms with Crippen LogP contribution in [0.3, 0.4) is 0 Å². The molecule has 2 atom stereocenters. The van der Waals surface area contributed by atoms with Gasteiger partial charge >= 0.3 is 0 Å². The molecule has 1 N–H and O–H groups in total. The third-order valence-electron chi connectivity index (χ3n) is 7.50. The van der Waals surface area contributed by atoms with Gasteiger partial charge in [-0.3, -0.25) is 23.9 Å². The van der Waals surface area contributed by atoms with E-state index in [-0.39, 0.29) is 33.7 Å². The van der Waals surface area contributed by atoms with Gasteiger partial charge in [0, 0.05) is 36.8 Å². The average molecular weight is 524 g/mol. The molecule has 3 rings (SSSR count). The number of likely N-dealkylation sites (N-methyl/N-ethyl adjacent to an activating group) is 2. The van der Waals surface area contributed by atoms with E-state index >= 15 is 0 Å². The van der Waals surface area contributed by atoms with E-state index < -0.39 is 10.1 Å². The summed E-state index contributed by atoms with van der Waals surface area (Å²) in [6.07, 6.45) is 12.0. The van der Waals surface area contributed by atoms with Gasteiger partial charge in [-0.05, 0) is 63.4 Å². The first-order valence-electron chi connectivity index (χ1n) is 12.4. The van der Waals surface area contributed by atoms with Crippen LogP contribution < -0.4 is 0 Å². The zero-order valence-electron chi connectivity index (χ0n) is 21.1. The smallest absolute Gasteiger partial charge is 0.265 e. The van der Waals surface area contributed by atoms with Crippen LogP contribution in [-0.2, 0) is 19.7 Å². The fraction of sp³-hybridized carbons (Fsp3) is 0.640. The number of nitrogens with zero attached hydrogens (tertiary/aromatic N) is 3. The Kier molecular flexibility index (Phi) is 8.60. The van der Waals surface area contributed by atoms with Gasteiger partial charge in [0.25, 0.3) is 21.9 Å². The van der Waals surface area contributed by atoms with Crippen molar-refractivity contribution in [2.24, 2.45) is 11.3 Å². The number of rotatable bonds is 8. The van der Waals surface area contributed by atoms with Crippen molar-refractivity contribution < 1.29 is 22.6 Å². The van der Waals surface area contributed by atoms with Crippen molar-refractivity contribution in [2.75, 3.05) is 25.4 Å². The van der Waals surface area contributed by atoms with Crippen molar-refractivity contribution in [1.29, 1.82) is 0 Å². The molecule has 0 aromatic rings. The van der Waals surface area contributed by atoms with Crippen molar-refractivity contribution in [3.63, 3.8) is 0 Å². The Morgan fingerprint density at radius 2 is 1.60 bits per heavy atom. The third kappa shape index (κ3) is 5.70. The number of amides is 2. The van der Waals surface area contributed by atoms with Crippen molar-refractivity contribution in [2.45, 2.75) is 65.8 Å². The average Bonchev–Trinajstić information content (AvgIpc) is 2.99. The molecule has 0 spiro atoms. The number of allylic oxidation sites excluding steroid dienone is 5. The number of likely N-dealkylation sites (tertiary alicyclic amines) is 1. The predicted octanol–water partition coefficient (Wildman–Crippen LogP) is 3.53. The molecule has 194 valence electrons. The van der Waals surface area contributed by atoms with Crippen molar-refractivity contribution in [3.05, 3.63) is 35.6 Å². The summed E-state index contributed by atoms with van der Waals surface area (Å²) in [4.78, 5) is 30.8. The fourth-order valence-corrected chi connectivity index (χ4v) is 6.70. The lowest BCUT2D eigenvalue weighted by Crippen LogP contribution is -2.55. The Hall–Kier alpha value is -2.04. The standard InChI is InChI=1S/C25H37N3O5S2/c1-5-26-22(29)18(23(30)27(6-2)24(26)34)12-7-10-15-21-25(3,4)19-13-8-9-14-20(19)28(21)16-11-17-35(31,32)33/h7,10,12,15,19-20H,5-6,8-9,11,13-14,16-17H2,1-4H3,(H,31,32,33). The number of hydrogen-bond donors (Lipinski definition) is 1. The Morgan fingerprint density at radius 3 is 2.17 bits per heavy atom. The molecule has 8 nitrogen and oxygen atoms in total. The molecule has 1 saturated carbocycles. The van der Waals surface area contributed by atoms with E-state index in [2.05, 4.69) is 18.7 Å². The van der Waals surface area contributed by atoms with E-state index in [1.807, 2.05) is 26.0 Å². The van der Waals surface area contributed by atoms with Crippen LogP contribution in [0, 0.1) is 11.3 Å². The maximum atomic E-state index is 12.8. The van der Waals surface area contributed by atoms with Crippen LogP contribution in [0.25, 0.3) is 0 Å². The summed E-state index contributed by atoms with van der Waals surface area (Å²) in [5.41, 5.74) is 1.11. The molecule has 0 aromatic heterocycles. The molecule has 1 aliphatic carbocycles. The maximum Gasteiger partial charge on any atom is 0.265 e. The molecule has 10 heteroatoms. The van der Waals surface area contributed by atoms with Gasteiger partial charge in [-0.25, -0.2) is 0 Å². The van der Waals surface area contributed by atoms with Crippen LogP contribution in [0.5, 0.6) is 0 Å². The van der Waals surface area contributed by atoms with E-state index in [9.17, 15) is 22.6 Å². The molecule has 2 saturated heterocycles. The van der Waals surface area contributed by atoms with Crippen LogP contribution in [0.4, 0.5) is 0 Å². The molecule has 3 aliphatic rings. The molecule has 3 fully saturated rings. The molecule has 35 heavy (non-hydrogen) atoms. The van der Waals surface area contributed by atoms with Gasteiger partial charge in [0.15, 0.2) is 5.11 Å². The largest absolute Gasteiger partial charge is 0.371 e. The SMILES string of the molecule is CCN1C(=O)C(=CC=CC=C2N(CCCS(=O)(=O)O)C3CCCCC3C2(C)C)C(=O)N(CC)C1=S. The first kappa shape index (κ1) is 27.5. The quantitative estimate of drug-likeness (QED) is 0.225. The summed E-state index contributed by atoms with van der Waals surface area (Å²) in [6, 6.07) is 0.344. The van der Waals surface area contributed by atoms with Crippen LogP contribution in [0.2, 0.25) is 0 Å². The van der Waals surface area contributed by atoms with Crippen LogP contribution in [0.15, 0.2) is 35.6 Å². The second-order valence-corrected chi connectivity index (χ2v) is 11.8. The molecule has 2 aliphatic heterocycles. The Morgan fingerprint density at radius 1 is 1.03 bits per heavy atom. The number of hydrogen-bond acceptors (Lipinski definition) is 6. The molecule has 2 amide bonds. The van der Waals surface area contributed by atoms with E-state index in [1.54, 1.807) is 12.2 Å². The zero-order chi connectivity index (χ0) is 26.0. The topological polar surface area (TPSA) is 98.2 Å². The molecule has 0 bridgehead atoms. The third-order valence-corrected chi connectivity index (χ3v) is 8.75. The Bertz CT molecular complexity index is 1030. The highest BCUT2D eigenvalue weighted by Gasteiger charge is 2.50. The summed E-state index contributed by atoms with van der Waals surface area (Å²) >= 11 is 5.30. The van der Waals surface area contributed by atoms with Gasteiger partial charge in [0.05, 0.1) is 5.75 Å². The summed E-state index contributed by atoms with van der Waals surface area (Å²) in [6.45, 7) is 9.43. The van der Waals surface area contributed by atoms with E-state index in [0.717, 1.165) is 25.0 Å². The molecular formula is C25H37N3O5S2. The summed E-state index contributed by atoms with van der Waals surface area (Å²) in [5.74, 6) is -0.560. The number of fused-ring (bicyclic) bond motifs is 1. The minimum atomic E-state index is -4.00. The van der Waals surface area contributed by atoms with Crippen LogP contribution in [-0.4, -0.2) is 76.0 Å². The predicted molar refractivity (Wildman–Crippen MR) is 140 cm³/mol. The van der Waals surface area contributed by atoms with Gasteiger partial charge in [0.1, 0.15) is 5.57 Å². The van der Waals surface area contributed by atoms with Crippen molar-refractivity contribution in [1.82, 2.24) is 14.7 Å². The summed E-state index contributed by atoms with van der Waals surface area (Å²) in [5, 5.41) is 0.240. The zero-order valence-corrected chi connectivity index (χ0v) is 22.7. The highest BCUT2D eigenvalue weighted by molar-refractivity contribution is 7.85. The van der Waals surface area contributed by atoms with Crippen LogP contribution in [0.1, 0.15) is 59.8 Å². The first-order chi connectivity index (χ1) is 16.4. The molecular weight excluding hydrogens is 486 g/mol. The molecule has 0 aromatic carbocycles. The molecule has 2 unspecified atom stereocenters. The lowest BCUT2D eigenvalue weighted by Gasteiger charge is -2.35. The molecule has 2 heterocycles. The highest BCUT2D eigenvalue weighted by atomic mass is 32.2. The molecule has 0 radical (unpaired) electrons. The van der Waals surface area contributed by atoms with Crippen molar-refractivity contribution >= 4 is 39.3 Å².